The van der Waals surface area contributed by atoms with Crippen LogP contribution in [0, 0.1) is 0 Å². The lowest BCUT2D eigenvalue weighted by Gasteiger charge is -2.29. The molecule has 0 aliphatic heterocycles. The quantitative estimate of drug-likeness (QED) is 0.743. The third kappa shape index (κ3) is 5.34. The highest BCUT2D eigenvalue weighted by Gasteiger charge is 2.23. The molecule has 0 bridgehead atoms. The number of carbonyl (C=O) groups is 2. The topological polar surface area (TPSA) is 58.6 Å². The molecule has 24 heavy (non-hydrogen) atoms. The normalized spacial score (nSPS) is 11.0. The van der Waals surface area contributed by atoms with Crippen molar-refractivity contribution in [1.29, 1.82) is 0 Å². The third-order valence-corrected chi connectivity index (χ3v) is 3.92. The molecule has 1 aromatic carbocycles. The second kappa shape index (κ2) is 9.42. The summed E-state index contributed by atoms with van der Waals surface area (Å²) in [6.45, 7) is 10.8. The zero-order chi connectivity index (χ0) is 18.3. The number of hydrogen-bond acceptors (Lipinski definition) is 3. The minimum Gasteiger partial charge on any atom is -0.383 e. The first-order valence-corrected chi connectivity index (χ1v) is 8.46. The highest BCUT2D eigenvalue weighted by atomic mass is 16.5. The van der Waals surface area contributed by atoms with E-state index in [9.17, 15) is 9.59 Å². The molecule has 1 N–H and O–H groups in total. The fourth-order valence-electron chi connectivity index (χ4n) is 2.66. The minimum atomic E-state index is -0.185. The number of carbonyl (C=O) groups excluding carboxylic acids is 2. The SMILES string of the molecule is COCCNC(=O)CN(C(C)=O)c1c(C(C)C)cccc1C(C)C. The van der Waals surface area contributed by atoms with Crippen molar-refractivity contribution in [1.82, 2.24) is 5.32 Å². The summed E-state index contributed by atoms with van der Waals surface area (Å²) in [5, 5.41) is 2.78. The number of rotatable bonds is 8. The first-order valence-electron chi connectivity index (χ1n) is 8.46. The van der Waals surface area contributed by atoms with Crippen LogP contribution in [0.2, 0.25) is 0 Å². The van der Waals surface area contributed by atoms with Gasteiger partial charge >= 0.3 is 0 Å². The van der Waals surface area contributed by atoms with Gasteiger partial charge in [-0.1, -0.05) is 45.9 Å². The molecule has 0 unspecified atom stereocenters. The molecule has 0 saturated heterocycles. The van der Waals surface area contributed by atoms with Crippen molar-refractivity contribution in [3.05, 3.63) is 29.3 Å². The van der Waals surface area contributed by atoms with E-state index in [1.165, 1.54) is 6.92 Å². The molecule has 1 rings (SSSR count). The van der Waals surface area contributed by atoms with Crippen molar-refractivity contribution in [3.63, 3.8) is 0 Å². The Morgan fingerprint density at radius 3 is 2.08 bits per heavy atom. The van der Waals surface area contributed by atoms with Gasteiger partial charge in [-0.15, -0.1) is 0 Å². The van der Waals surface area contributed by atoms with Crippen LogP contribution in [0.25, 0.3) is 0 Å². The predicted molar refractivity (Wildman–Crippen MR) is 97.5 cm³/mol. The number of amides is 2. The largest absolute Gasteiger partial charge is 0.383 e. The van der Waals surface area contributed by atoms with Gasteiger partial charge in [-0.25, -0.2) is 0 Å². The molecule has 5 nitrogen and oxygen atoms in total. The molecular weight excluding hydrogens is 304 g/mol. The fraction of sp³-hybridized carbons (Fsp3) is 0.579. The van der Waals surface area contributed by atoms with Gasteiger partial charge in [0.15, 0.2) is 0 Å². The lowest BCUT2D eigenvalue weighted by Crippen LogP contribution is -2.41. The number of para-hydroxylation sites is 1. The van der Waals surface area contributed by atoms with Gasteiger partial charge < -0.3 is 15.0 Å². The van der Waals surface area contributed by atoms with Crippen LogP contribution in [-0.4, -0.2) is 38.6 Å². The summed E-state index contributed by atoms with van der Waals surface area (Å²) < 4.78 is 4.94. The Hall–Kier alpha value is -1.88. The van der Waals surface area contributed by atoms with Gasteiger partial charge in [0.2, 0.25) is 11.8 Å². The Morgan fingerprint density at radius 1 is 1.12 bits per heavy atom. The molecule has 0 aliphatic rings. The molecule has 2 amide bonds. The molecule has 0 aromatic heterocycles. The van der Waals surface area contributed by atoms with Crippen molar-refractivity contribution in [3.8, 4) is 0 Å². The molecule has 5 heteroatoms. The zero-order valence-electron chi connectivity index (χ0n) is 15.7. The van der Waals surface area contributed by atoms with Crippen LogP contribution < -0.4 is 10.2 Å². The van der Waals surface area contributed by atoms with Gasteiger partial charge in [-0.3, -0.25) is 9.59 Å². The van der Waals surface area contributed by atoms with Crippen LogP contribution >= 0.6 is 0 Å². The Morgan fingerprint density at radius 2 is 1.67 bits per heavy atom. The summed E-state index contributed by atoms with van der Waals surface area (Å²) in [5.74, 6) is 0.205. The smallest absolute Gasteiger partial charge is 0.240 e. The van der Waals surface area contributed by atoms with Gasteiger partial charge in [-0.05, 0) is 23.0 Å². The lowest BCUT2D eigenvalue weighted by molar-refractivity contribution is -0.123. The Kier molecular flexibility index (Phi) is 7.92. The van der Waals surface area contributed by atoms with Crippen molar-refractivity contribution in [2.45, 2.75) is 46.5 Å². The molecule has 0 spiro atoms. The van der Waals surface area contributed by atoms with E-state index < -0.39 is 0 Å². The van der Waals surface area contributed by atoms with Gasteiger partial charge in [-0.2, -0.15) is 0 Å². The van der Waals surface area contributed by atoms with Gasteiger partial charge in [0, 0.05) is 20.6 Å². The molecule has 0 atom stereocenters. The van der Waals surface area contributed by atoms with Crippen molar-refractivity contribution in [2.24, 2.45) is 0 Å². The third-order valence-electron chi connectivity index (χ3n) is 3.92. The van der Waals surface area contributed by atoms with E-state index >= 15 is 0 Å². The van der Waals surface area contributed by atoms with E-state index in [2.05, 4.69) is 33.0 Å². The second-order valence-corrected chi connectivity index (χ2v) is 6.54. The second-order valence-electron chi connectivity index (χ2n) is 6.54. The summed E-state index contributed by atoms with van der Waals surface area (Å²) in [6, 6.07) is 6.08. The van der Waals surface area contributed by atoms with Crippen LogP contribution in [-0.2, 0) is 14.3 Å². The summed E-state index contributed by atoms with van der Waals surface area (Å²) >= 11 is 0. The van der Waals surface area contributed by atoms with E-state index in [-0.39, 0.29) is 30.2 Å². The number of nitrogens with zero attached hydrogens (tertiary/aromatic N) is 1. The first-order chi connectivity index (χ1) is 11.3. The Labute approximate surface area is 145 Å². The van der Waals surface area contributed by atoms with Crippen LogP contribution in [0.15, 0.2) is 18.2 Å². The standard InChI is InChI=1S/C19H30N2O3/c1-13(2)16-8-7-9-17(14(3)4)19(16)21(15(5)22)12-18(23)20-10-11-24-6/h7-9,13-14H,10-12H2,1-6H3,(H,20,23). The summed E-state index contributed by atoms with van der Waals surface area (Å²) in [5.41, 5.74) is 3.04. The van der Waals surface area contributed by atoms with Gasteiger partial charge in [0.25, 0.3) is 0 Å². The van der Waals surface area contributed by atoms with E-state index in [4.69, 9.17) is 4.74 Å². The maximum absolute atomic E-state index is 12.3. The van der Waals surface area contributed by atoms with Gasteiger partial charge in [0.05, 0.1) is 12.3 Å². The van der Waals surface area contributed by atoms with Crippen LogP contribution in [0.1, 0.15) is 57.6 Å². The zero-order valence-corrected chi connectivity index (χ0v) is 15.7. The molecule has 0 aliphatic carbocycles. The monoisotopic (exact) mass is 334 g/mol. The predicted octanol–water partition coefficient (Wildman–Crippen LogP) is 3.05. The Bertz CT molecular complexity index is 541. The summed E-state index contributed by atoms with van der Waals surface area (Å²) in [7, 11) is 1.59. The average Bonchev–Trinajstić information content (AvgIpc) is 2.51. The molecule has 0 heterocycles. The molecule has 0 saturated carbocycles. The minimum absolute atomic E-state index is 0.0164. The van der Waals surface area contributed by atoms with Gasteiger partial charge in [0.1, 0.15) is 6.54 Å². The summed E-state index contributed by atoms with van der Waals surface area (Å²) in [4.78, 5) is 26.1. The lowest BCUT2D eigenvalue weighted by atomic mass is 9.91. The molecule has 0 radical (unpaired) electrons. The Balaban J connectivity index is 3.20. The molecule has 0 fully saturated rings. The number of benzene rings is 1. The number of hydrogen-bond donors (Lipinski definition) is 1. The highest BCUT2D eigenvalue weighted by Crippen LogP contribution is 2.35. The molecule has 1 aromatic rings. The number of ether oxygens (including phenoxy) is 1. The van der Waals surface area contributed by atoms with Crippen molar-refractivity contribution < 1.29 is 14.3 Å². The number of methoxy groups -OCH3 is 1. The fourth-order valence-corrected chi connectivity index (χ4v) is 2.66. The summed E-state index contributed by atoms with van der Waals surface area (Å²) in [6.07, 6.45) is 0. The number of nitrogens with one attached hydrogen (secondary N) is 1. The molecule has 134 valence electrons. The van der Waals surface area contributed by atoms with Crippen molar-refractivity contribution >= 4 is 17.5 Å². The number of anilines is 1. The van der Waals surface area contributed by atoms with E-state index in [1.807, 2.05) is 18.2 Å². The maximum atomic E-state index is 12.3. The average molecular weight is 334 g/mol. The van der Waals surface area contributed by atoms with Crippen LogP contribution in [0.5, 0.6) is 0 Å². The van der Waals surface area contributed by atoms with Crippen LogP contribution in [0.4, 0.5) is 5.69 Å². The molecular formula is C19H30N2O3. The van der Waals surface area contributed by atoms with Crippen molar-refractivity contribution in [2.75, 3.05) is 31.7 Å². The maximum Gasteiger partial charge on any atom is 0.240 e. The first kappa shape index (κ1) is 20.2. The van der Waals surface area contributed by atoms with E-state index in [0.29, 0.717) is 13.2 Å². The van der Waals surface area contributed by atoms with Crippen LogP contribution in [0.3, 0.4) is 0 Å². The van der Waals surface area contributed by atoms with E-state index in [0.717, 1.165) is 16.8 Å². The van der Waals surface area contributed by atoms with E-state index in [1.54, 1.807) is 12.0 Å². The highest BCUT2D eigenvalue weighted by molar-refractivity contribution is 5.99.